The fourth-order valence-corrected chi connectivity index (χ4v) is 5.12. The van der Waals surface area contributed by atoms with Crippen LogP contribution in [0.4, 0.5) is 5.69 Å². The van der Waals surface area contributed by atoms with E-state index in [1.807, 2.05) is 48.2 Å². The van der Waals surface area contributed by atoms with Crippen LogP contribution in [0, 0.1) is 6.92 Å². The van der Waals surface area contributed by atoms with E-state index in [0.29, 0.717) is 46.9 Å². The van der Waals surface area contributed by atoms with Gasteiger partial charge in [-0.1, -0.05) is 29.8 Å². The molecule has 1 fully saturated rings. The van der Waals surface area contributed by atoms with Crippen molar-refractivity contribution in [1.82, 2.24) is 14.3 Å². The Morgan fingerprint density at radius 2 is 1.87 bits per heavy atom. The van der Waals surface area contributed by atoms with Crippen LogP contribution in [0.3, 0.4) is 0 Å². The van der Waals surface area contributed by atoms with Gasteiger partial charge < -0.3 is 9.80 Å². The molecule has 0 atom stereocenters. The third kappa shape index (κ3) is 3.14. The van der Waals surface area contributed by atoms with E-state index in [0.717, 1.165) is 16.3 Å². The van der Waals surface area contributed by atoms with E-state index in [1.54, 1.807) is 16.7 Å². The van der Waals surface area contributed by atoms with Crippen molar-refractivity contribution in [2.75, 3.05) is 31.1 Å². The van der Waals surface area contributed by atoms with Gasteiger partial charge in [0.15, 0.2) is 0 Å². The number of rotatable bonds is 2. The van der Waals surface area contributed by atoms with Crippen molar-refractivity contribution < 1.29 is 4.79 Å². The standard InChI is InChI=1S/C22H19ClN4O2S/c1-14-5-4-8-27-19(14)24-20-15(21(27)28)13-18(30-20)22(29)26-11-9-25(10-12-26)17-7-3-2-6-16(17)23/h2-8,13H,9-12H2,1H3. The van der Waals surface area contributed by atoms with Crippen LogP contribution in [0.5, 0.6) is 0 Å². The number of para-hydroxylation sites is 1. The number of halogens is 1. The van der Waals surface area contributed by atoms with Gasteiger partial charge in [-0.05, 0) is 36.8 Å². The van der Waals surface area contributed by atoms with Gasteiger partial charge in [0.25, 0.3) is 11.5 Å². The normalized spacial score (nSPS) is 14.6. The number of hydrogen-bond acceptors (Lipinski definition) is 5. The Kier molecular flexibility index (Phi) is 4.72. The van der Waals surface area contributed by atoms with Crippen molar-refractivity contribution >= 4 is 50.4 Å². The molecule has 152 valence electrons. The van der Waals surface area contributed by atoms with E-state index in [4.69, 9.17) is 11.6 Å². The van der Waals surface area contributed by atoms with Crippen LogP contribution in [0.15, 0.2) is 53.5 Å². The summed E-state index contributed by atoms with van der Waals surface area (Å²) in [6.45, 7) is 4.55. The third-order valence-corrected chi connectivity index (χ3v) is 6.84. The average Bonchev–Trinajstić information content (AvgIpc) is 3.19. The fourth-order valence-electron chi connectivity index (χ4n) is 3.88. The first-order valence-electron chi connectivity index (χ1n) is 9.73. The number of anilines is 1. The van der Waals surface area contributed by atoms with Gasteiger partial charge in [0.05, 0.1) is 21.0 Å². The molecule has 0 N–H and O–H groups in total. The number of pyridine rings is 1. The molecule has 30 heavy (non-hydrogen) atoms. The second-order valence-electron chi connectivity index (χ2n) is 7.36. The van der Waals surface area contributed by atoms with E-state index in [1.165, 1.54) is 11.3 Å². The molecular formula is C22H19ClN4O2S. The van der Waals surface area contributed by atoms with Crippen LogP contribution >= 0.6 is 22.9 Å². The second-order valence-corrected chi connectivity index (χ2v) is 8.80. The quantitative estimate of drug-likeness (QED) is 0.477. The lowest BCUT2D eigenvalue weighted by Gasteiger charge is -2.36. The predicted octanol–water partition coefficient (Wildman–Crippen LogP) is 3.83. The molecule has 1 amide bonds. The number of piperazine rings is 1. The van der Waals surface area contributed by atoms with Crippen LogP contribution in [-0.2, 0) is 0 Å². The molecule has 1 aliphatic rings. The minimum absolute atomic E-state index is 0.0537. The molecule has 4 heterocycles. The summed E-state index contributed by atoms with van der Waals surface area (Å²) in [5.74, 6) is -0.0537. The summed E-state index contributed by atoms with van der Waals surface area (Å²) in [6, 6.07) is 13.2. The molecule has 1 saturated heterocycles. The molecule has 5 rings (SSSR count). The van der Waals surface area contributed by atoms with Crippen LogP contribution in [0.2, 0.25) is 5.02 Å². The summed E-state index contributed by atoms with van der Waals surface area (Å²) < 4.78 is 1.54. The Morgan fingerprint density at radius 3 is 2.63 bits per heavy atom. The van der Waals surface area contributed by atoms with Crippen molar-refractivity contribution in [2.24, 2.45) is 0 Å². The number of aromatic nitrogens is 2. The summed E-state index contributed by atoms with van der Waals surface area (Å²) in [5.41, 5.74) is 2.41. The number of hydrogen-bond donors (Lipinski definition) is 0. The molecule has 4 aromatic rings. The molecule has 3 aromatic heterocycles. The molecule has 1 aliphatic heterocycles. The smallest absolute Gasteiger partial charge is 0.266 e. The van der Waals surface area contributed by atoms with Gasteiger partial charge in [0, 0.05) is 32.4 Å². The molecule has 0 spiro atoms. The first-order valence-corrected chi connectivity index (χ1v) is 10.9. The number of aryl methyl sites for hydroxylation is 1. The lowest BCUT2D eigenvalue weighted by Crippen LogP contribution is -2.48. The van der Waals surface area contributed by atoms with E-state index >= 15 is 0 Å². The summed E-state index contributed by atoms with van der Waals surface area (Å²) in [6.07, 6.45) is 1.71. The molecule has 0 bridgehead atoms. The van der Waals surface area contributed by atoms with Gasteiger partial charge in [-0.3, -0.25) is 14.0 Å². The monoisotopic (exact) mass is 438 g/mol. The van der Waals surface area contributed by atoms with Gasteiger partial charge in [0.1, 0.15) is 10.5 Å². The SMILES string of the molecule is Cc1cccn2c(=O)c3cc(C(=O)N4CCN(c5ccccc5Cl)CC4)sc3nc12. The predicted molar refractivity (Wildman–Crippen MR) is 121 cm³/mol. The maximum Gasteiger partial charge on any atom is 0.266 e. The van der Waals surface area contributed by atoms with Crippen molar-refractivity contribution in [3.63, 3.8) is 0 Å². The minimum atomic E-state index is -0.141. The van der Waals surface area contributed by atoms with Crippen LogP contribution in [0.25, 0.3) is 15.9 Å². The molecule has 0 aliphatic carbocycles. The molecule has 0 saturated carbocycles. The second kappa shape index (κ2) is 7.41. The summed E-state index contributed by atoms with van der Waals surface area (Å²) in [5, 5.41) is 1.21. The van der Waals surface area contributed by atoms with Gasteiger partial charge in [-0.25, -0.2) is 4.98 Å². The maximum atomic E-state index is 13.1. The molecule has 1 aromatic carbocycles. The van der Waals surface area contributed by atoms with Crippen LogP contribution < -0.4 is 10.5 Å². The van der Waals surface area contributed by atoms with Gasteiger partial charge >= 0.3 is 0 Å². The lowest BCUT2D eigenvalue weighted by atomic mass is 10.2. The minimum Gasteiger partial charge on any atom is -0.367 e. The van der Waals surface area contributed by atoms with Crippen LogP contribution in [0.1, 0.15) is 15.2 Å². The Balaban J connectivity index is 1.41. The topological polar surface area (TPSA) is 57.9 Å². The fraction of sp³-hybridized carbons (Fsp3) is 0.227. The highest BCUT2D eigenvalue weighted by molar-refractivity contribution is 7.20. The van der Waals surface area contributed by atoms with E-state index < -0.39 is 0 Å². The molecule has 0 radical (unpaired) electrons. The van der Waals surface area contributed by atoms with Crippen molar-refractivity contribution in [3.8, 4) is 0 Å². The number of fused-ring (bicyclic) bond motifs is 2. The third-order valence-electron chi connectivity index (χ3n) is 5.50. The van der Waals surface area contributed by atoms with Crippen molar-refractivity contribution in [1.29, 1.82) is 0 Å². The number of carbonyl (C=O) groups is 1. The van der Waals surface area contributed by atoms with Crippen molar-refractivity contribution in [2.45, 2.75) is 6.92 Å². The number of thiophene rings is 1. The molecule has 6 nitrogen and oxygen atoms in total. The molecular weight excluding hydrogens is 420 g/mol. The zero-order valence-corrected chi connectivity index (χ0v) is 17.9. The highest BCUT2D eigenvalue weighted by atomic mass is 35.5. The first-order chi connectivity index (χ1) is 14.5. The Morgan fingerprint density at radius 1 is 1.10 bits per heavy atom. The van der Waals surface area contributed by atoms with E-state index in [-0.39, 0.29) is 11.5 Å². The molecule has 0 unspecified atom stereocenters. The Hall–Kier alpha value is -2.90. The lowest BCUT2D eigenvalue weighted by molar-refractivity contribution is 0.0752. The van der Waals surface area contributed by atoms with E-state index in [2.05, 4.69) is 9.88 Å². The Bertz CT molecular complexity index is 1340. The largest absolute Gasteiger partial charge is 0.367 e. The molecule has 8 heteroatoms. The van der Waals surface area contributed by atoms with Gasteiger partial charge in [-0.2, -0.15) is 0 Å². The number of amides is 1. The maximum absolute atomic E-state index is 13.1. The Labute approximate surface area is 181 Å². The van der Waals surface area contributed by atoms with E-state index in [9.17, 15) is 9.59 Å². The summed E-state index contributed by atoms with van der Waals surface area (Å²) in [4.78, 5) is 35.8. The van der Waals surface area contributed by atoms with Gasteiger partial charge in [-0.15, -0.1) is 11.3 Å². The first kappa shape index (κ1) is 19.1. The van der Waals surface area contributed by atoms with Gasteiger partial charge in [0.2, 0.25) is 0 Å². The zero-order valence-electron chi connectivity index (χ0n) is 16.3. The highest BCUT2D eigenvalue weighted by Gasteiger charge is 2.25. The number of nitrogens with zero attached hydrogens (tertiary/aromatic N) is 4. The van der Waals surface area contributed by atoms with Crippen molar-refractivity contribution in [3.05, 3.63) is 74.5 Å². The average molecular weight is 439 g/mol. The summed E-state index contributed by atoms with van der Waals surface area (Å²) in [7, 11) is 0. The highest BCUT2D eigenvalue weighted by Crippen LogP contribution is 2.28. The number of carbonyl (C=O) groups excluding carboxylic acids is 1. The number of benzene rings is 1. The zero-order chi connectivity index (χ0) is 20.8. The van der Waals surface area contributed by atoms with Crippen LogP contribution in [-0.4, -0.2) is 46.4 Å². The summed E-state index contributed by atoms with van der Waals surface area (Å²) >= 11 is 7.59.